The fourth-order valence-corrected chi connectivity index (χ4v) is 6.73. The Labute approximate surface area is 332 Å². The second kappa shape index (κ2) is 37.1. The minimum Gasteiger partial charge on any atom is -0.462 e. The van der Waals surface area contributed by atoms with E-state index in [1.54, 1.807) is 0 Å². The van der Waals surface area contributed by atoms with Gasteiger partial charge in [-0.15, -0.1) is 0 Å². The van der Waals surface area contributed by atoms with Crippen LogP contribution in [-0.4, -0.2) is 74.9 Å². The van der Waals surface area contributed by atoms with Crippen molar-refractivity contribution in [2.24, 2.45) is 0 Å². The third kappa shape index (κ3) is 40.2. The van der Waals surface area contributed by atoms with Crippen LogP contribution in [0.15, 0.2) is 24.3 Å². The molecule has 2 unspecified atom stereocenters. The van der Waals surface area contributed by atoms with Gasteiger partial charge in [-0.3, -0.25) is 18.6 Å². The number of likely N-dealkylation sites (N-methyl/N-ethyl adjacent to an activating group) is 1. The van der Waals surface area contributed by atoms with Crippen LogP contribution in [-0.2, 0) is 32.7 Å². The van der Waals surface area contributed by atoms with Crippen LogP contribution in [0.5, 0.6) is 0 Å². The summed E-state index contributed by atoms with van der Waals surface area (Å²) in [6, 6.07) is 0. The van der Waals surface area contributed by atoms with Crippen LogP contribution in [0.2, 0.25) is 0 Å². The van der Waals surface area contributed by atoms with E-state index in [-0.39, 0.29) is 25.6 Å². The van der Waals surface area contributed by atoms with Gasteiger partial charge < -0.3 is 18.9 Å². The number of carbonyl (C=O) groups excluding carboxylic acids is 2. The molecule has 9 nitrogen and oxygen atoms in total. The van der Waals surface area contributed by atoms with E-state index < -0.39 is 26.5 Å². The standard InChI is InChI=1S/C44H84NO8P/c1-6-8-10-12-14-16-17-18-19-20-21-22-23-24-25-26-27-29-31-33-35-37-44(47)53-42(41-52-54(48,49)51-39-38-45(3,4)5)40-50-43(46)36-34-32-30-28-15-13-11-9-7-2/h17-18,20-21,42H,6-16,19,22-41H2,1-5H3/p+1/b18-17-,21-20-. The van der Waals surface area contributed by atoms with Crippen molar-refractivity contribution in [2.45, 2.75) is 200 Å². The molecule has 0 radical (unpaired) electrons. The molecule has 318 valence electrons. The van der Waals surface area contributed by atoms with Crippen LogP contribution in [0.4, 0.5) is 0 Å². The fraction of sp³-hybridized carbons (Fsp3) is 0.864. The van der Waals surface area contributed by atoms with E-state index in [4.69, 9.17) is 18.5 Å². The molecule has 0 aliphatic heterocycles. The van der Waals surface area contributed by atoms with E-state index in [1.165, 1.54) is 116 Å². The predicted molar refractivity (Wildman–Crippen MR) is 224 cm³/mol. The number of unbranched alkanes of at least 4 members (excludes halogenated alkanes) is 22. The Hall–Kier alpha value is -1.51. The largest absolute Gasteiger partial charge is 0.472 e. The van der Waals surface area contributed by atoms with E-state index in [0.717, 1.165) is 44.9 Å². The number of hydrogen-bond donors (Lipinski definition) is 1. The summed E-state index contributed by atoms with van der Waals surface area (Å²) in [6.07, 6.45) is 39.4. The van der Waals surface area contributed by atoms with Crippen molar-refractivity contribution in [3.05, 3.63) is 24.3 Å². The Morgan fingerprint density at radius 3 is 1.46 bits per heavy atom. The number of nitrogens with zero attached hydrogens (tertiary/aromatic N) is 1. The van der Waals surface area contributed by atoms with E-state index >= 15 is 0 Å². The minimum absolute atomic E-state index is 0.0324. The first kappa shape index (κ1) is 52.5. The monoisotopic (exact) mass is 787 g/mol. The van der Waals surface area contributed by atoms with Crippen LogP contribution >= 0.6 is 7.82 Å². The number of phosphoric acid groups is 1. The summed E-state index contributed by atoms with van der Waals surface area (Å²) < 4.78 is 34.2. The lowest BCUT2D eigenvalue weighted by Crippen LogP contribution is -2.37. The van der Waals surface area contributed by atoms with Gasteiger partial charge in [0.2, 0.25) is 0 Å². The summed E-state index contributed by atoms with van der Waals surface area (Å²) in [4.78, 5) is 35.2. The second-order valence-electron chi connectivity index (χ2n) is 16.1. The lowest BCUT2D eigenvalue weighted by molar-refractivity contribution is -0.870. The maximum atomic E-state index is 12.7. The van der Waals surface area contributed by atoms with Gasteiger partial charge in [0.25, 0.3) is 0 Å². The highest BCUT2D eigenvalue weighted by Gasteiger charge is 2.27. The summed E-state index contributed by atoms with van der Waals surface area (Å²) >= 11 is 0. The van der Waals surface area contributed by atoms with Crippen molar-refractivity contribution < 1.29 is 42.1 Å². The summed E-state index contributed by atoms with van der Waals surface area (Å²) in [5, 5.41) is 0. The molecule has 0 aliphatic rings. The van der Waals surface area contributed by atoms with Crippen molar-refractivity contribution >= 4 is 19.8 Å². The molecule has 0 aromatic heterocycles. The number of allylic oxidation sites excluding steroid dienone is 4. The van der Waals surface area contributed by atoms with Crippen molar-refractivity contribution in [1.82, 2.24) is 0 Å². The van der Waals surface area contributed by atoms with Crippen molar-refractivity contribution in [3.63, 3.8) is 0 Å². The molecule has 0 fully saturated rings. The maximum Gasteiger partial charge on any atom is 0.472 e. The molecule has 0 amide bonds. The number of quaternary nitrogens is 1. The maximum absolute atomic E-state index is 12.7. The zero-order chi connectivity index (χ0) is 40.0. The highest BCUT2D eigenvalue weighted by molar-refractivity contribution is 7.47. The lowest BCUT2D eigenvalue weighted by Gasteiger charge is -2.24. The highest BCUT2D eigenvalue weighted by atomic mass is 31.2. The molecule has 1 N–H and O–H groups in total. The number of rotatable bonds is 40. The predicted octanol–water partition coefficient (Wildman–Crippen LogP) is 12.4. The van der Waals surface area contributed by atoms with Crippen LogP contribution in [0.1, 0.15) is 194 Å². The van der Waals surface area contributed by atoms with Gasteiger partial charge in [0, 0.05) is 12.8 Å². The topological polar surface area (TPSA) is 108 Å². The first-order valence-corrected chi connectivity index (χ1v) is 23.6. The third-order valence-corrected chi connectivity index (χ3v) is 10.5. The van der Waals surface area contributed by atoms with Gasteiger partial charge in [-0.25, -0.2) is 4.57 Å². The van der Waals surface area contributed by atoms with Gasteiger partial charge >= 0.3 is 19.8 Å². The zero-order valence-corrected chi connectivity index (χ0v) is 36.6. The first-order chi connectivity index (χ1) is 26.0. The molecule has 0 bridgehead atoms. The summed E-state index contributed by atoms with van der Waals surface area (Å²) in [5.41, 5.74) is 0. The second-order valence-corrected chi connectivity index (χ2v) is 17.5. The molecule has 0 saturated carbocycles. The number of hydrogen-bond acceptors (Lipinski definition) is 7. The van der Waals surface area contributed by atoms with Crippen molar-refractivity contribution in [3.8, 4) is 0 Å². The van der Waals surface area contributed by atoms with Gasteiger partial charge in [-0.1, -0.05) is 160 Å². The molecule has 0 aliphatic carbocycles. The fourth-order valence-electron chi connectivity index (χ4n) is 5.99. The van der Waals surface area contributed by atoms with E-state index in [2.05, 4.69) is 38.2 Å². The lowest BCUT2D eigenvalue weighted by atomic mass is 10.1. The van der Waals surface area contributed by atoms with Gasteiger partial charge in [0.15, 0.2) is 6.10 Å². The van der Waals surface area contributed by atoms with Gasteiger partial charge in [-0.2, -0.15) is 0 Å². The Morgan fingerprint density at radius 2 is 1.00 bits per heavy atom. The van der Waals surface area contributed by atoms with Crippen LogP contribution in [0.25, 0.3) is 0 Å². The molecule has 0 spiro atoms. The quantitative estimate of drug-likeness (QED) is 0.0215. The SMILES string of the molecule is CCCCCCC/C=C\C/C=C\CCCCCCCCCCCC(=O)OC(COC(=O)CCCCCCCCCCC)COP(=O)(O)OCC[N+](C)(C)C. The van der Waals surface area contributed by atoms with Crippen LogP contribution in [0.3, 0.4) is 0 Å². The highest BCUT2D eigenvalue weighted by Crippen LogP contribution is 2.43. The normalized spacial score (nSPS) is 13.8. The number of phosphoric ester groups is 1. The van der Waals surface area contributed by atoms with Gasteiger partial charge in [-0.05, 0) is 44.9 Å². The molecule has 0 heterocycles. The molecular formula is C44H85NO8P+. The van der Waals surface area contributed by atoms with Crippen LogP contribution < -0.4 is 0 Å². The Morgan fingerprint density at radius 1 is 0.574 bits per heavy atom. The molecule has 10 heteroatoms. The molecule has 2 atom stereocenters. The van der Waals surface area contributed by atoms with Gasteiger partial charge in [0.05, 0.1) is 27.7 Å². The average molecular weight is 787 g/mol. The Kier molecular flexibility index (Phi) is 36.1. The summed E-state index contributed by atoms with van der Waals surface area (Å²) in [7, 11) is 1.48. The molecule has 54 heavy (non-hydrogen) atoms. The number of ether oxygens (including phenoxy) is 2. The summed E-state index contributed by atoms with van der Waals surface area (Å²) in [6.45, 7) is 4.39. The molecule has 0 aromatic rings. The van der Waals surface area contributed by atoms with Crippen molar-refractivity contribution in [2.75, 3.05) is 47.5 Å². The minimum atomic E-state index is -4.37. The zero-order valence-electron chi connectivity index (χ0n) is 35.7. The first-order valence-electron chi connectivity index (χ1n) is 22.1. The number of esters is 2. The smallest absolute Gasteiger partial charge is 0.462 e. The summed E-state index contributed by atoms with van der Waals surface area (Å²) in [5.74, 6) is -0.801. The molecular weight excluding hydrogens is 701 g/mol. The van der Waals surface area contributed by atoms with E-state index in [0.29, 0.717) is 23.9 Å². The number of carbonyl (C=O) groups is 2. The van der Waals surface area contributed by atoms with E-state index in [9.17, 15) is 19.0 Å². The van der Waals surface area contributed by atoms with E-state index in [1.807, 2.05) is 21.1 Å². The third-order valence-electron chi connectivity index (χ3n) is 9.48. The van der Waals surface area contributed by atoms with Crippen LogP contribution in [0, 0.1) is 0 Å². The Bertz CT molecular complexity index is 980. The van der Waals surface area contributed by atoms with Crippen molar-refractivity contribution in [1.29, 1.82) is 0 Å². The molecule has 0 aromatic carbocycles. The Balaban J connectivity index is 4.26. The van der Waals surface area contributed by atoms with Gasteiger partial charge in [0.1, 0.15) is 19.8 Å². The molecule has 0 saturated heterocycles. The molecule has 0 rings (SSSR count). The average Bonchev–Trinajstić information content (AvgIpc) is 3.12.